The Morgan fingerprint density at radius 1 is 1.43 bits per heavy atom. The zero-order chi connectivity index (χ0) is 10.4. The van der Waals surface area contributed by atoms with Crippen LogP contribution >= 0.6 is 0 Å². The van der Waals surface area contributed by atoms with Crippen LogP contribution in [0.4, 0.5) is 0 Å². The first-order valence-electron chi connectivity index (χ1n) is 5.11. The first-order chi connectivity index (χ1) is 6.74. The van der Waals surface area contributed by atoms with Crippen molar-refractivity contribution < 1.29 is 9.53 Å². The van der Waals surface area contributed by atoms with E-state index in [0.29, 0.717) is 5.57 Å². The van der Waals surface area contributed by atoms with Crippen LogP contribution in [0.2, 0.25) is 8.43 Å². The molecule has 1 fully saturated rings. The molecule has 0 bridgehead atoms. The second-order valence-corrected chi connectivity index (χ2v) is 7.34. The molecule has 0 amide bonds. The predicted octanol–water partition coefficient (Wildman–Crippen LogP) is 2.59. The Hall–Kier alpha value is -0.000390. The number of rotatable bonds is 4. The van der Waals surface area contributed by atoms with E-state index in [4.69, 9.17) is 0 Å². The molecule has 0 aromatic rings. The van der Waals surface area contributed by atoms with Crippen LogP contribution in [0.25, 0.3) is 0 Å². The summed E-state index contributed by atoms with van der Waals surface area (Å²) in [5.41, 5.74) is 0.681. The first-order valence-corrected chi connectivity index (χ1v) is 8.11. The van der Waals surface area contributed by atoms with E-state index in [2.05, 4.69) is 11.3 Å². The van der Waals surface area contributed by atoms with Gasteiger partial charge in [-0.3, -0.25) is 0 Å². The number of carbonyl (C=O) groups excluding carboxylic acids is 1. The summed E-state index contributed by atoms with van der Waals surface area (Å²) in [4.78, 5) is 11.1. The second kappa shape index (κ2) is 6.48. The number of methoxy groups -OCH3 is 1. The Balaban J connectivity index is 2.18. The molecule has 0 radical (unpaired) electrons. The van der Waals surface area contributed by atoms with Gasteiger partial charge in [-0.05, 0) is 0 Å². The molecule has 0 aromatic carbocycles. The minimum atomic E-state index is -0.217. The van der Waals surface area contributed by atoms with E-state index in [0.717, 1.165) is 8.43 Å². The van der Waals surface area contributed by atoms with E-state index in [-0.39, 0.29) is 26.9 Å². The van der Waals surface area contributed by atoms with Crippen LogP contribution < -0.4 is 0 Å². The van der Waals surface area contributed by atoms with Gasteiger partial charge in [0.05, 0.1) is 0 Å². The second-order valence-electron chi connectivity index (χ2n) is 3.67. The van der Waals surface area contributed by atoms with Crippen molar-refractivity contribution in [3.8, 4) is 0 Å². The van der Waals surface area contributed by atoms with Crippen LogP contribution in [0.1, 0.15) is 32.1 Å². The van der Waals surface area contributed by atoms with Crippen molar-refractivity contribution in [1.82, 2.24) is 0 Å². The summed E-state index contributed by atoms with van der Waals surface area (Å²) in [6.07, 6.45) is 6.95. The van der Waals surface area contributed by atoms with Crippen LogP contribution in [-0.2, 0) is 9.53 Å². The minimum absolute atomic E-state index is 0.0551. The summed E-state index contributed by atoms with van der Waals surface area (Å²) in [6.45, 7) is 3.77. The van der Waals surface area contributed by atoms with Gasteiger partial charge < -0.3 is 0 Å². The van der Waals surface area contributed by atoms with E-state index in [1.165, 1.54) is 39.2 Å². The van der Waals surface area contributed by atoms with Crippen molar-refractivity contribution >= 4 is 26.9 Å². The van der Waals surface area contributed by atoms with Gasteiger partial charge in [-0.2, -0.15) is 0 Å². The van der Waals surface area contributed by atoms with Crippen molar-refractivity contribution in [2.75, 3.05) is 7.11 Å². The zero-order valence-electron chi connectivity index (χ0n) is 8.75. The van der Waals surface area contributed by atoms with Gasteiger partial charge in [0, 0.05) is 0 Å². The van der Waals surface area contributed by atoms with E-state index in [9.17, 15) is 4.79 Å². The molecule has 0 N–H and O–H groups in total. The molecule has 1 aliphatic rings. The molecular formula is C11H18O2Te. The molecule has 0 aromatic heterocycles. The number of hydrogen-bond donors (Lipinski definition) is 0. The molecule has 0 aliphatic heterocycles. The molecule has 0 spiro atoms. The van der Waals surface area contributed by atoms with Crippen molar-refractivity contribution in [2.24, 2.45) is 0 Å². The Bertz CT molecular complexity index is 207. The fourth-order valence-electron chi connectivity index (χ4n) is 1.65. The third kappa shape index (κ3) is 4.02. The number of esters is 1. The number of hydrogen-bond acceptors (Lipinski definition) is 2. The third-order valence-corrected chi connectivity index (χ3v) is 6.68. The SMILES string of the molecule is C=C(C[Te]C1CCCCC1)C(=O)OC. The van der Waals surface area contributed by atoms with Crippen LogP contribution in [-0.4, -0.2) is 34.0 Å². The van der Waals surface area contributed by atoms with Crippen LogP contribution in [0.5, 0.6) is 0 Å². The molecule has 3 heteroatoms. The topological polar surface area (TPSA) is 26.3 Å². The molecule has 0 saturated heterocycles. The summed E-state index contributed by atoms with van der Waals surface area (Å²) < 4.78 is 6.51. The van der Waals surface area contributed by atoms with Gasteiger partial charge >= 0.3 is 96.2 Å². The maximum atomic E-state index is 11.1. The summed E-state index contributed by atoms with van der Waals surface area (Å²) in [6, 6.07) is 0. The Morgan fingerprint density at radius 3 is 2.64 bits per heavy atom. The van der Waals surface area contributed by atoms with Crippen LogP contribution in [0.15, 0.2) is 12.2 Å². The van der Waals surface area contributed by atoms with Crippen molar-refractivity contribution in [1.29, 1.82) is 0 Å². The monoisotopic (exact) mass is 312 g/mol. The summed E-state index contributed by atoms with van der Waals surface area (Å²) >= 11 is -0.0551. The van der Waals surface area contributed by atoms with Crippen LogP contribution in [0.3, 0.4) is 0 Å². The first kappa shape index (κ1) is 12.1. The van der Waals surface area contributed by atoms with E-state index < -0.39 is 0 Å². The van der Waals surface area contributed by atoms with E-state index in [1.54, 1.807) is 0 Å². The van der Waals surface area contributed by atoms with Crippen molar-refractivity contribution in [3.05, 3.63) is 12.2 Å². The van der Waals surface area contributed by atoms with Gasteiger partial charge in [0.15, 0.2) is 0 Å². The molecule has 0 atom stereocenters. The Labute approximate surface area is 96.2 Å². The molecule has 1 rings (SSSR count). The van der Waals surface area contributed by atoms with Gasteiger partial charge in [0.2, 0.25) is 0 Å². The standard InChI is InChI=1S/C11H18O2Te/c1-9(11(12)13-2)8-14-10-6-4-3-5-7-10/h10H,1,3-8H2,2H3. The fourth-order valence-corrected chi connectivity index (χ4v) is 5.14. The molecule has 2 nitrogen and oxygen atoms in total. The number of ether oxygens (including phenoxy) is 1. The summed E-state index contributed by atoms with van der Waals surface area (Å²) in [7, 11) is 1.43. The van der Waals surface area contributed by atoms with Crippen molar-refractivity contribution in [2.45, 2.75) is 40.5 Å². The van der Waals surface area contributed by atoms with E-state index >= 15 is 0 Å². The fraction of sp³-hybridized carbons (Fsp3) is 0.727. The molecule has 0 heterocycles. The molecular weight excluding hydrogens is 292 g/mol. The van der Waals surface area contributed by atoms with Gasteiger partial charge in [-0.1, -0.05) is 0 Å². The summed E-state index contributed by atoms with van der Waals surface area (Å²) in [5, 5.41) is 0. The molecule has 1 saturated carbocycles. The van der Waals surface area contributed by atoms with Crippen molar-refractivity contribution in [3.63, 3.8) is 0 Å². The van der Waals surface area contributed by atoms with Gasteiger partial charge in [-0.25, -0.2) is 0 Å². The Kier molecular flexibility index (Phi) is 5.58. The average molecular weight is 310 g/mol. The predicted molar refractivity (Wildman–Crippen MR) is 58.6 cm³/mol. The van der Waals surface area contributed by atoms with Gasteiger partial charge in [0.25, 0.3) is 0 Å². The molecule has 14 heavy (non-hydrogen) atoms. The number of carbonyl (C=O) groups is 1. The summed E-state index contributed by atoms with van der Waals surface area (Å²) in [5.74, 6) is -0.217. The van der Waals surface area contributed by atoms with Gasteiger partial charge in [-0.15, -0.1) is 0 Å². The molecule has 0 unspecified atom stereocenters. The molecule has 1 aliphatic carbocycles. The average Bonchev–Trinajstić information content (AvgIpc) is 2.26. The zero-order valence-corrected chi connectivity index (χ0v) is 11.1. The third-order valence-electron chi connectivity index (χ3n) is 2.52. The normalized spacial score (nSPS) is 17.8. The maximum absolute atomic E-state index is 11.1. The molecule has 80 valence electrons. The Morgan fingerprint density at radius 2 is 2.07 bits per heavy atom. The van der Waals surface area contributed by atoms with Gasteiger partial charge in [0.1, 0.15) is 0 Å². The quantitative estimate of drug-likeness (QED) is 0.453. The van der Waals surface area contributed by atoms with E-state index in [1.807, 2.05) is 0 Å². The van der Waals surface area contributed by atoms with Crippen LogP contribution in [0, 0.1) is 0 Å².